The normalized spacial score (nSPS) is 17.0. The van der Waals surface area contributed by atoms with Gasteiger partial charge in [0.15, 0.2) is 0 Å². The van der Waals surface area contributed by atoms with Crippen LogP contribution in [0.1, 0.15) is 50.7 Å². The van der Waals surface area contributed by atoms with Crippen LogP contribution >= 0.6 is 0 Å². The maximum atomic E-state index is 5.58. The lowest BCUT2D eigenvalue weighted by Crippen LogP contribution is -2.29. The van der Waals surface area contributed by atoms with Crippen molar-refractivity contribution in [2.24, 2.45) is 5.92 Å². The monoisotopic (exact) mass is 289 g/mol. The summed E-state index contributed by atoms with van der Waals surface area (Å²) in [7, 11) is 1.82. The van der Waals surface area contributed by atoms with E-state index in [0.717, 1.165) is 19.0 Å². The van der Waals surface area contributed by atoms with Gasteiger partial charge < -0.3 is 10.1 Å². The Labute approximate surface area is 130 Å². The highest BCUT2D eigenvalue weighted by molar-refractivity contribution is 5.26. The molecular formula is C19H31NO. The first-order chi connectivity index (χ1) is 10.00. The molecular weight excluding hydrogens is 258 g/mol. The average molecular weight is 289 g/mol. The predicted molar refractivity (Wildman–Crippen MR) is 89.7 cm³/mol. The smallest absolute Gasteiger partial charge is 0.0622 e. The molecule has 1 aliphatic carbocycles. The summed E-state index contributed by atoms with van der Waals surface area (Å²) >= 11 is 0. The second kappa shape index (κ2) is 7.42. The van der Waals surface area contributed by atoms with Crippen LogP contribution in [-0.2, 0) is 11.2 Å². The lowest BCUT2D eigenvalue weighted by Gasteiger charge is -2.26. The van der Waals surface area contributed by atoms with Gasteiger partial charge in [-0.3, -0.25) is 0 Å². The Bertz CT molecular complexity index is 437. The van der Waals surface area contributed by atoms with Gasteiger partial charge in [-0.1, -0.05) is 24.3 Å². The molecule has 1 saturated carbocycles. The van der Waals surface area contributed by atoms with Crippen molar-refractivity contribution in [1.82, 2.24) is 5.32 Å². The van der Waals surface area contributed by atoms with Crippen LogP contribution in [-0.4, -0.2) is 25.3 Å². The van der Waals surface area contributed by atoms with Crippen molar-refractivity contribution in [1.29, 1.82) is 0 Å². The third-order valence-electron chi connectivity index (χ3n) is 4.75. The molecule has 2 heteroatoms. The minimum absolute atomic E-state index is 0.0104. The van der Waals surface area contributed by atoms with Gasteiger partial charge in [-0.15, -0.1) is 0 Å². The van der Waals surface area contributed by atoms with Gasteiger partial charge in [0, 0.05) is 13.2 Å². The standard InChI is InChI=1S/C19H31NO/c1-15-7-5-6-8-17(15)13-16(14-20-18-9-10-18)11-12-19(2,3)21-4/h5-8,16,18,20H,9-14H2,1-4H3. The van der Waals surface area contributed by atoms with Crippen molar-refractivity contribution >= 4 is 0 Å². The summed E-state index contributed by atoms with van der Waals surface area (Å²) in [6, 6.07) is 9.58. The molecule has 21 heavy (non-hydrogen) atoms. The largest absolute Gasteiger partial charge is 0.379 e. The highest BCUT2D eigenvalue weighted by Crippen LogP contribution is 2.24. The molecule has 1 atom stereocenters. The fraction of sp³-hybridized carbons (Fsp3) is 0.684. The number of ether oxygens (including phenoxy) is 1. The van der Waals surface area contributed by atoms with Crippen LogP contribution in [0.2, 0.25) is 0 Å². The summed E-state index contributed by atoms with van der Waals surface area (Å²) in [5.74, 6) is 0.695. The van der Waals surface area contributed by atoms with E-state index in [1.54, 1.807) is 0 Å². The van der Waals surface area contributed by atoms with E-state index in [4.69, 9.17) is 4.74 Å². The second-order valence-electron chi connectivity index (χ2n) is 7.18. The molecule has 1 N–H and O–H groups in total. The predicted octanol–water partition coefficient (Wildman–Crippen LogP) is 4.11. The van der Waals surface area contributed by atoms with Crippen molar-refractivity contribution in [3.8, 4) is 0 Å². The van der Waals surface area contributed by atoms with Gasteiger partial charge in [0.05, 0.1) is 5.60 Å². The average Bonchev–Trinajstić information content (AvgIpc) is 3.28. The summed E-state index contributed by atoms with van der Waals surface area (Å²) in [4.78, 5) is 0. The van der Waals surface area contributed by atoms with Gasteiger partial charge in [-0.2, -0.15) is 0 Å². The zero-order valence-corrected chi connectivity index (χ0v) is 14.1. The Balaban J connectivity index is 1.92. The molecule has 0 aliphatic heterocycles. The summed E-state index contributed by atoms with van der Waals surface area (Å²) in [5, 5.41) is 3.71. The van der Waals surface area contributed by atoms with E-state index in [-0.39, 0.29) is 5.60 Å². The first kappa shape index (κ1) is 16.5. The van der Waals surface area contributed by atoms with Gasteiger partial charge in [-0.25, -0.2) is 0 Å². The zero-order chi connectivity index (χ0) is 15.3. The Morgan fingerprint density at radius 3 is 2.62 bits per heavy atom. The van der Waals surface area contributed by atoms with Crippen molar-refractivity contribution < 1.29 is 4.74 Å². The maximum Gasteiger partial charge on any atom is 0.0622 e. The van der Waals surface area contributed by atoms with Gasteiger partial charge in [0.1, 0.15) is 0 Å². The fourth-order valence-electron chi connectivity index (χ4n) is 2.70. The van der Waals surface area contributed by atoms with Crippen LogP contribution in [0.5, 0.6) is 0 Å². The Morgan fingerprint density at radius 1 is 1.29 bits per heavy atom. The second-order valence-corrected chi connectivity index (χ2v) is 7.18. The minimum Gasteiger partial charge on any atom is -0.379 e. The molecule has 0 amide bonds. The number of methoxy groups -OCH3 is 1. The Hall–Kier alpha value is -0.860. The van der Waals surface area contributed by atoms with Crippen LogP contribution < -0.4 is 5.32 Å². The number of rotatable bonds is 9. The van der Waals surface area contributed by atoms with Crippen LogP contribution in [0.25, 0.3) is 0 Å². The van der Waals surface area contributed by atoms with E-state index < -0.39 is 0 Å². The van der Waals surface area contributed by atoms with E-state index in [2.05, 4.69) is 50.4 Å². The van der Waals surface area contributed by atoms with Crippen molar-refractivity contribution in [3.63, 3.8) is 0 Å². The highest BCUT2D eigenvalue weighted by Gasteiger charge is 2.24. The number of aryl methyl sites for hydroxylation is 1. The molecule has 1 fully saturated rings. The highest BCUT2D eigenvalue weighted by atomic mass is 16.5. The van der Waals surface area contributed by atoms with Crippen molar-refractivity contribution in [2.45, 2.75) is 64.5 Å². The Kier molecular flexibility index (Phi) is 5.83. The molecule has 118 valence electrons. The van der Waals surface area contributed by atoms with E-state index in [9.17, 15) is 0 Å². The summed E-state index contributed by atoms with van der Waals surface area (Å²) in [6.45, 7) is 7.73. The third kappa shape index (κ3) is 5.80. The summed E-state index contributed by atoms with van der Waals surface area (Å²) in [6.07, 6.45) is 6.23. The topological polar surface area (TPSA) is 21.3 Å². The van der Waals surface area contributed by atoms with Crippen LogP contribution in [0.4, 0.5) is 0 Å². The number of benzene rings is 1. The molecule has 0 spiro atoms. The molecule has 0 radical (unpaired) electrons. The first-order valence-corrected chi connectivity index (χ1v) is 8.33. The van der Waals surface area contributed by atoms with Crippen LogP contribution in [0.3, 0.4) is 0 Å². The minimum atomic E-state index is -0.0104. The molecule has 0 heterocycles. The van der Waals surface area contributed by atoms with Crippen molar-refractivity contribution in [2.75, 3.05) is 13.7 Å². The Morgan fingerprint density at radius 2 is 2.00 bits per heavy atom. The van der Waals surface area contributed by atoms with Crippen molar-refractivity contribution in [3.05, 3.63) is 35.4 Å². The van der Waals surface area contributed by atoms with E-state index >= 15 is 0 Å². The third-order valence-corrected chi connectivity index (χ3v) is 4.75. The van der Waals surface area contributed by atoms with E-state index in [1.807, 2.05) is 7.11 Å². The zero-order valence-electron chi connectivity index (χ0n) is 14.1. The molecule has 0 saturated heterocycles. The summed E-state index contributed by atoms with van der Waals surface area (Å²) < 4.78 is 5.58. The number of hydrogen-bond acceptors (Lipinski definition) is 2. The van der Waals surface area contributed by atoms with Gasteiger partial charge >= 0.3 is 0 Å². The first-order valence-electron chi connectivity index (χ1n) is 8.33. The maximum absolute atomic E-state index is 5.58. The molecule has 0 aromatic heterocycles. The van der Waals surface area contributed by atoms with Gasteiger partial charge in [0.2, 0.25) is 0 Å². The molecule has 2 rings (SSSR count). The summed E-state index contributed by atoms with van der Waals surface area (Å²) in [5.41, 5.74) is 2.90. The number of nitrogens with one attached hydrogen (secondary N) is 1. The lowest BCUT2D eigenvalue weighted by atomic mass is 9.89. The molecule has 1 aliphatic rings. The molecule has 2 nitrogen and oxygen atoms in total. The lowest BCUT2D eigenvalue weighted by molar-refractivity contribution is 0.0103. The molecule has 0 bridgehead atoms. The molecule has 1 aromatic rings. The van der Waals surface area contributed by atoms with Crippen LogP contribution in [0, 0.1) is 12.8 Å². The molecule has 1 unspecified atom stereocenters. The van der Waals surface area contributed by atoms with Crippen LogP contribution in [0.15, 0.2) is 24.3 Å². The fourth-order valence-corrected chi connectivity index (χ4v) is 2.70. The van der Waals surface area contributed by atoms with E-state index in [1.165, 1.54) is 36.8 Å². The SMILES string of the molecule is COC(C)(C)CCC(CNC1CC1)Cc1ccccc1C. The van der Waals surface area contributed by atoms with Gasteiger partial charge in [0.25, 0.3) is 0 Å². The van der Waals surface area contributed by atoms with E-state index in [0.29, 0.717) is 5.92 Å². The molecule has 1 aromatic carbocycles. The number of hydrogen-bond donors (Lipinski definition) is 1. The van der Waals surface area contributed by atoms with Gasteiger partial charge in [-0.05, 0) is 76.5 Å². The quantitative estimate of drug-likeness (QED) is 0.738.